The third-order valence-corrected chi connectivity index (χ3v) is 3.18. The average molecular weight is 244 g/mol. The van der Waals surface area contributed by atoms with Crippen LogP contribution in [0.15, 0.2) is 53.1 Å². The molecule has 1 aromatic carbocycles. The number of furan rings is 1. The molecule has 96 valence electrons. The highest BCUT2D eigenvalue weighted by atomic mass is 16.3. The topological polar surface area (TPSA) is 51.2 Å². The van der Waals surface area contributed by atoms with Gasteiger partial charge in [-0.25, -0.2) is 0 Å². The molecular formula is C15H20N2O. The van der Waals surface area contributed by atoms with Crippen LogP contribution in [0.2, 0.25) is 0 Å². The first-order valence-corrected chi connectivity index (χ1v) is 6.41. The van der Waals surface area contributed by atoms with Crippen molar-refractivity contribution in [3.05, 3.63) is 60.1 Å². The van der Waals surface area contributed by atoms with Gasteiger partial charge < -0.3 is 4.42 Å². The van der Waals surface area contributed by atoms with Crippen LogP contribution >= 0.6 is 0 Å². The van der Waals surface area contributed by atoms with Crippen molar-refractivity contribution in [1.29, 1.82) is 0 Å². The third kappa shape index (κ3) is 4.02. The number of aryl methyl sites for hydroxylation is 2. The SMILES string of the molecule is NNC(CCc1ccccc1)CCc1ccco1. The number of rotatable bonds is 7. The fraction of sp³-hybridized carbons (Fsp3) is 0.333. The van der Waals surface area contributed by atoms with Gasteiger partial charge in [0.2, 0.25) is 0 Å². The molecule has 0 aliphatic heterocycles. The summed E-state index contributed by atoms with van der Waals surface area (Å²) in [6.07, 6.45) is 5.73. The zero-order chi connectivity index (χ0) is 12.6. The van der Waals surface area contributed by atoms with Crippen molar-refractivity contribution in [2.24, 2.45) is 5.84 Å². The van der Waals surface area contributed by atoms with Crippen molar-refractivity contribution in [2.75, 3.05) is 0 Å². The van der Waals surface area contributed by atoms with Gasteiger partial charge in [0.05, 0.1) is 6.26 Å². The fourth-order valence-corrected chi connectivity index (χ4v) is 2.07. The first-order chi connectivity index (χ1) is 8.88. The van der Waals surface area contributed by atoms with Crippen molar-refractivity contribution in [2.45, 2.75) is 31.7 Å². The Hall–Kier alpha value is -1.58. The minimum absolute atomic E-state index is 0.329. The van der Waals surface area contributed by atoms with Crippen LogP contribution < -0.4 is 11.3 Å². The molecule has 1 unspecified atom stereocenters. The fourth-order valence-electron chi connectivity index (χ4n) is 2.07. The van der Waals surface area contributed by atoms with Gasteiger partial charge in [-0.05, 0) is 37.0 Å². The largest absolute Gasteiger partial charge is 0.469 e. The summed E-state index contributed by atoms with van der Waals surface area (Å²) < 4.78 is 5.32. The Bertz CT molecular complexity index is 425. The summed E-state index contributed by atoms with van der Waals surface area (Å²) in [5, 5.41) is 0. The summed E-state index contributed by atoms with van der Waals surface area (Å²) in [6.45, 7) is 0. The van der Waals surface area contributed by atoms with Crippen LogP contribution in [0.3, 0.4) is 0 Å². The molecular weight excluding hydrogens is 224 g/mol. The van der Waals surface area contributed by atoms with Crippen LogP contribution in [0.5, 0.6) is 0 Å². The van der Waals surface area contributed by atoms with Crippen LogP contribution in [0, 0.1) is 0 Å². The molecule has 0 spiro atoms. The zero-order valence-corrected chi connectivity index (χ0v) is 10.5. The second-order valence-corrected chi connectivity index (χ2v) is 4.51. The van der Waals surface area contributed by atoms with Crippen LogP contribution in [-0.2, 0) is 12.8 Å². The van der Waals surface area contributed by atoms with Gasteiger partial charge in [-0.3, -0.25) is 11.3 Å². The lowest BCUT2D eigenvalue weighted by Crippen LogP contribution is -2.35. The molecule has 0 bridgehead atoms. The number of benzene rings is 1. The smallest absolute Gasteiger partial charge is 0.103 e. The van der Waals surface area contributed by atoms with E-state index in [1.165, 1.54) is 5.56 Å². The molecule has 0 saturated heterocycles. The average Bonchev–Trinajstić information content (AvgIpc) is 2.93. The van der Waals surface area contributed by atoms with E-state index in [-0.39, 0.29) is 0 Å². The van der Waals surface area contributed by atoms with E-state index in [1.54, 1.807) is 6.26 Å². The molecule has 0 aliphatic carbocycles. The lowest BCUT2D eigenvalue weighted by molar-refractivity contribution is 0.432. The van der Waals surface area contributed by atoms with Crippen molar-refractivity contribution >= 4 is 0 Å². The lowest BCUT2D eigenvalue weighted by Gasteiger charge is -2.15. The summed E-state index contributed by atoms with van der Waals surface area (Å²) in [5.41, 5.74) is 4.25. The van der Waals surface area contributed by atoms with Crippen molar-refractivity contribution in [3.63, 3.8) is 0 Å². The van der Waals surface area contributed by atoms with E-state index in [9.17, 15) is 0 Å². The van der Waals surface area contributed by atoms with Crippen molar-refractivity contribution in [1.82, 2.24) is 5.43 Å². The Morgan fingerprint density at radius 2 is 1.78 bits per heavy atom. The summed E-state index contributed by atoms with van der Waals surface area (Å²) in [6, 6.07) is 14.7. The summed E-state index contributed by atoms with van der Waals surface area (Å²) >= 11 is 0. The van der Waals surface area contributed by atoms with Crippen LogP contribution in [0.25, 0.3) is 0 Å². The Morgan fingerprint density at radius 3 is 2.44 bits per heavy atom. The van der Waals surface area contributed by atoms with Gasteiger partial charge in [-0.1, -0.05) is 30.3 Å². The number of hydrogen-bond donors (Lipinski definition) is 2. The normalized spacial score (nSPS) is 12.5. The summed E-state index contributed by atoms with van der Waals surface area (Å²) in [5.74, 6) is 6.62. The molecule has 0 fully saturated rings. The predicted octanol–water partition coefficient (Wildman–Crippen LogP) is 2.68. The molecule has 18 heavy (non-hydrogen) atoms. The molecule has 0 amide bonds. The van der Waals surface area contributed by atoms with Crippen molar-refractivity contribution in [3.8, 4) is 0 Å². The van der Waals surface area contributed by atoms with Crippen LogP contribution in [-0.4, -0.2) is 6.04 Å². The third-order valence-electron chi connectivity index (χ3n) is 3.18. The van der Waals surface area contributed by atoms with Gasteiger partial charge in [0.15, 0.2) is 0 Å². The monoisotopic (exact) mass is 244 g/mol. The second-order valence-electron chi connectivity index (χ2n) is 4.51. The van der Waals surface area contributed by atoms with E-state index >= 15 is 0 Å². The van der Waals surface area contributed by atoms with E-state index in [0.29, 0.717) is 6.04 Å². The van der Waals surface area contributed by atoms with Gasteiger partial charge in [0, 0.05) is 12.5 Å². The van der Waals surface area contributed by atoms with Crippen LogP contribution in [0.1, 0.15) is 24.2 Å². The Balaban J connectivity index is 1.75. The first kappa shape index (κ1) is 12.9. The summed E-state index contributed by atoms with van der Waals surface area (Å²) in [4.78, 5) is 0. The van der Waals surface area contributed by atoms with Crippen molar-refractivity contribution < 1.29 is 4.42 Å². The number of nitrogens with two attached hydrogens (primary N) is 1. The molecule has 3 nitrogen and oxygen atoms in total. The van der Waals surface area contributed by atoms with Gasteiger partial charge in [0.25, 0.3) is 0 Å². The molecule has 1 aromatic heterocycles. The van der Waals surface area contributed by atoms with Gasteiger partial charge in [0.1, 0.15) is 5.76 Å². The minimum atomic E-state index is 0.329. The van der Waals surface area contributed by atoms with E-state index in [1.807, 2.05) is 18.2 Å². The number of hydrogen-bond acceptors (Lipinski definition) is 3. The Morgan fingerprint density at radius 1 is 1.00 bits per heavy atom. The van der Waals surface area contributed by atoms with Gasteiger partial charge in [-0.15, -0.1) is 0 Å². The molecule has 0 radical (unpaired) electrons. The van der Waals surface area contributed by atoms with E-state index in [4.69, 9.17) is 10.3 Å². The van der Waals surface area contributed by atoms with E-state index in [2.05, 4.69) is 29.7 Å². The second kappa shape index (κ2) is 6.99. The molecule has 2 aromatic rings. The molecule has 0 saturated carbocycles. The van der Waals surface area contributed by atoms with Gasteiger partial charge in [-0.2, -0.15) is 0 Å². The highest BCUT2D eigenvalue weighted by Crippen LogP contribution is 2.10. The Labute approximate surface area is 108 Å². The highest BCUT2D eigenvalue weighted by molar-refractivity contribution is 5.14. The van der Waals surface area contributed by atoms with E-state index < -0.39 is 0 Å². The first-order valence-electron chi connectivity index (χ1n) is 6.41. The number of nitrogens with one attached hydrogen (secondary N) is 1. The molecule has 3 N–H and O–H groups in total. The summed E-state index contributed by atoms with van der Waals surface area (Å²) in [7, 11) is 0. The molecule has 3 heteroatoms. The quantitative estimate of drug-likeness (QED) is 0.581. The Kier molecular flexibility index (Phi) is 5.00. The highest BCUT2D eigenvalue weighted by Gasteiger charge is 2.08. The number of hydrazine groups is 1. The van der Waals surface area contributed by atoms with Crippen LogP contribution in [0.4, 0.5) is 0 Å². The molecule has 2 rings (SSSR count). The molecule has 0 aliphatic rings. The maximum Gasteiger partial charge on any atom is 0.103 e. The predicted molar refractivity (Wildman–Crippen MR) is 72.9 cm³/mol. The lowest BCUT2D eigenvalue weighted by atomic mass is 10.0. The van der Waals surface area contributed by atoms with Gasteiger partial charge >= 0.3 is 0 Å². The maximum atomic E-state index is 5.60. The molecule has 1 heterocycles. The zero-order valence-electron chi connectivity index (χ0n) is 10.5. The minimum Gasteiger partial charge on any atom is -0.469 e. The molecule has 1 atom stereocenters. The maximum absolute atomic E-state index is 5.60. The standard InChI is InChI=1S/C15H20N2O/c16-17-14(10-11-15-7-4-12-18-15)9-8-13-5-2-1-3-6-13/h1-7,12,14,17H,8-11,16H2. The van der Waals surface area contributed by atoms with E-state index in [0.717, 1.165) is 31.4 Å².